The molecule has 2 rings (SSSR count). The van der Waals surface area contributed by atoms with Gasteiger partial charge in [0.05, 0.1) is 13.1 Å². The first-order valence-corrected chi connectivity index (χ1v) is 10.1. The quantitative estimate of drug-likeness (QED) is 0.387. The third-order valence-corrected chi connectivity index (χ3v) is 4.47. The lowest BCUT2D eigenvalue weighted by molar-refractivity contribution is -0.116. The molecule has 0 heterocycles. The molecule has 2 aromatic carbocycles. The zero-order valence-corrected chi connectivity index (χ0v) is 17.5. The van der Waals surface area contributed by atoms with Gasteiger partial charge in [0.15, 0.2) is 5.96 Å². The fourth-order valence-corrected chi connectivity index (χ4v) is 2.81. The van der Waals surface area contributed by atoms with E-state index in [2.05, 4.69) is 20.9 Å². The number of carbonyl (C=O) groups is 1. The highest BCUT2D eigenvalue weighted by Crippen LogP contribution is 2.18. The van der Waals surface area contributed by atoms with Crippen molar-refractivity contribution in [1.29, 1.82) is 0 Å². The maximum atomic E-state index is 11.7. The molecule has 0 saturated carbocycles. The van der Waals surface area contributed by atoms with Gasteiger partial charge in [0.1, 0.15) is 5.60 Å². The van der Waals surface area contributed by atoms with Crippen LogP contribution in [0.25, 0.3) is 0 Å². The lowest BCUT2D eigenvalue weighted by Crippen LogP contribution is -2.44. The van der Waals surface area contributed by atoms with E-state index in [1.807, 2.05) is 68.4 Å². The molecule has 2 aromatic rings. The van der Waals surface area contributed by atoms with Crippen LogP contribution in [0.2, 0.25) is 0 Å². The second-order valence-electron chi connectivity index (χ2n) is 7.18. The van der Waals surface area contributed by atoms with Crippen LogP contribution in [0.1, 0.15) is 44.7 Å². The number of aliphatic hydroxyl groups is 1. The van der Waals surface area contributed by atoms with E-state index in [9.17, 15) is 9.90 Å². The lowest BCUT2D eigenvalue weighted by Gasteiger charge is -2.25. The Morgan fingerprint density at radius 1 is 1.03 bits per heavy atom. The van der Waals surface area contributed by atoms with E-state index in [1.54, 1.807) is 6.92 Å². The van der Waals surface area contributed by atoms with Crippen LogP contribution in [0, 0.1) is 0 Å². The zero-order valence-electron chi connectivity index (χ0n) is 17.5. The van der Waals surface area contributed by atoms with Gasteiger partial charge in [-0.2, -0.15) is 0 Å². The number of amides is 1. The fourth-order valence-electron chi connectivity index (χ4n) is 2.81. The number of guanidine groups is 1. The number of benzene rings is 2. The molecule has 4 N–H and O–H groups in total. The highest BCUT2D eigenvalue weighted by atomic mass is 16.3. The molecule has 0 aliphatic heterocycles. The SMILES string of the molecule is CCCC(=O)Nc1ccc(CN=C(NCC)NCC(C)(O)c2ccccc2)cc1. The fraction of sp³-hybridized carbons (Fsp3) is 0.391. The van der Waals surface area contributed by atoms with E-state index >= 15 is 0 Å². The Hall–Kier alpha value is -2.86. The molecule has 0 radical (unpaired) electrons. The van der Waals surface area contributed by atoms with Crippen molar-refractivity contribution in [2.75, 3.05) is 18.4 Å². The molecule has 6 nitrogen and oxygen atoms in total. The Kier molecular flexibility index (Phi) is 8.68. The Balaban J connectivity index is 1.95. The average Bonchev–Trinajstić information content (AvgIpc) is 2.72. The lowest BCUT2D eigenvalue weighted by atomic mass is 9.96. The third-order valence-electron chi connectivity index (χ3n) is 4.47. The number of nitrogens with one attached hydrogen (secondary N) is 3. The number of carbonyl (C=O) groups excluding carboxylic acids is 1. The van der Waals surface area contributed by atoms with Crippen LogP contribution in [0.15, 0.2) is 59.6 Å². The molecule has 156 valence electrons. The minimum absolute atomic E-state index is 0.0300. The number of nitrogens with zero attached hydrogens (tertiary/aromatic N) is 1. The van der Waals surface area contributed by atoms with Gasteiger partial charge in [0.25, 0.3) is 0 Å². The van der Waals surface area contributed by atoms with E-state index in [0.717, 1.165) is 29.8 Å². The maximum Gasteiger partial charge on any atom is 0.224 e. The molecule has 0 spiro atoms. The second-order valence-corrected chi connectivity index (χ2v) is 7.18. The third kappa shape index (κ3) is 7.58. The standard InChI is InChI=1S/C23H32N4O2/c1-4-9-21(28)27-20-14-12-18(13-15-20)16-25-22(24-5-2)26-17-23(3,29)19-10-7-6-8-11-19/h6-8,10-15,29H,4-5,9,16-17H2,1-3H3,(H,27,28)(H2,24,25,26). The van der Waals surface area contributed by atoms with Gasteiger partial charge in [0, 0.05) is 18.7 Å². The number of hydrogen-bond donors (Lipinski definition) is 4. The van der Waals surface area contributed by atoms with Crippen molar-refractivity contribution >= 4 is 17.6 Å². The van der Waals surface area contributed by atoms with Crippen LogP contribution >= 0.6 is 0 Å². The van der Waals surface area contributed by atoms with Gasteiger partial charge < -0.3 is 21.1 Å². The maximum absolute atomic E-state index is 11.7. The van der Waals surface area contributed by atoms with Crippen LogP contribution in [0.4, 0.5) is 5.69 Å². The average molecular weight is 397 g/mol. The Morgan fingerprint density at radius 3 is 2.34 bits per heavy atom. The smallest absolute Gasteiger partial charge is 0.224 e. The van der Waals surface area contributed by atoms with Crippen molar-refractivity contribution in [3.63, 3.8) is 0 Å². The highest BCUT2D eigenvalue weighted by molar-refractivity contribution is 5.90. The van der Waals surface area contributed by atoms with E-state index in [4.69, 9.17) is 0 Å². The molecule has 0 aromatic heterocycles. The van der Waals surface area contributed by atoms with Crippen LogP contribution in [-0.4, -0.2) is 30.1 Å². The van der Waals surface area contributed by atoms with E-state index < -0.39 is 5.60 Å². The van der Waals surface area contributed by atoms with Crippen LogP contribution in [-0.2, 0) is 16.9 Å². The summed E-state index contributed by atoms with van der Waals surface area (Å²) in [6.45, 7) is 7.32. The zero-order chi connectivity index (χ0) is 21.1. The summed E-state index contributed by atoms with van der Waals surface area (Å²) in [6, 6.07) is 17.3. The first-order chi connectivity index (χ1) is 13.9. The van der Waals surface area contributed by atoms with Crippen molar-refractivity contribution in [3.05, 3.63) is 65.7 Å². The topological polar surface area (TPSA) is 85.8 Å². The van der Waals surface area contributed by atoms with Crippen molar-refractivity contribution in [3.8, 4) is 0 Å². The molecule has 0 aliphatic carbocycles. The molecular formula is C23H32N4O2. The highest BCUT2D eigenvalue weighted by Gasteiger charge is 2.22. The van der Waals surface area contributed by atoms with Crippen molar-refractivity contribution in [2.24, 2.45) is 4.99 Å². The van der Waals surface area contributed by atoms with Crippen molar-refractivity contribution in [1.82, 2.24) is 10.6 Å². The summed E-state index contributed by atoms with van der Waals surface area (Å²) in [5.74, 6) is 0.673. The van der Waals surface area contributed by atoms with Gasteiger partial charge >= 0.3 is 0 Å². The van der Waals surface area contributed by atoms with Gasteiger partial charge in [-0.05, 0) is 43.5 Å². The van der Waals surface area contributed by atoms with Gasteiger partial charge in [0.2, 0.25) is 5.91 Å². The second kappa shape index (κ2) is 11.2. The molecule has 0 aliphatic rings. The number of rotatable bonds is 9. The number of aliphatic imine (C=N–C) groups is 1. The molecule has 0 fully saturated rings. The van der Waals surface area contributed by atoms with Gasteiger partial charge in [-0.3, -0.25) is 4.79 Å². The van der Waals surface area contributed by atoms with Gasteiger partial charge in [-0.25, -0.2) is 4.99 Å². The van der Waals surface area contributed by atoms with Gasteiger partial charge in [-0.1, -0.05) is 49.4 Å². The first kappa shape index (κ1) is 22.4. The molecule has 29 heavy (non-hydrogen) atoms. The first-order valence-electron chi connectivity index (χ1n) is 10.1. The van der Waals surface area contributed by atoms with Crippen LogP contribution in [0.5, 0.6) is 0 Å². The molecule has 0 saturated heterocycles. The Morgan fingerprint density at radius 2 is 1.72 bits per heavy atom. The monoisotopic (exact) mass is 396 g/mol. The summed E-state index contributed by atoms with van der Waals surface area (Å²) in [6.07, 6.45) is 1.35. The van der Waals surface area contributed by atoms with E-state index in [0.29, 0.717) is 25.5 Å². The van der Waals surface area contributed by atoms with Gasteiger partial charge in [-0.15, -0.1) is 0 Å². The molecule has 1 amide bonds. The van der Waals surface area contributed by atoms with Crippen LogP contribution < -0.4 is 16.0 Å². The van der Waals surface area contributed by atoms with E-state index in [1.165, 1.54) is 0 Å². The van der Waals surface area contributed by atoms with E-state index in [-0.39, 0.29) is 5.91 Å². The largest absolute Gasteiger partial charge is 0.384 e. The summed E-state index contributed by atoms with van der Waals surface area (Å²) in [4.78, 5) is 16.3. The Bertz CT molecular complexity index is 786. The summed E-state index contributed by atoms with van der Waals surface area (Å²) >= 11 is 0. The minimum Gasteiger partial charge on any atom is -0.384 e. The molecule has 1 unspecified atom stereocenters. The van der Waals surface area contributed by atoms with Crippen LogP contribution in [0.3, 0.4) is 0 Å². The number of anilines is 1. The van der Waals surface area contributed by atoms with Crippen molar-refractivity contribution < 1.29 is 9.90 Å². The molecular weight excluding hydrogens is 364 g/mol. The number of hydrogen-bond acceptors (Lipinski definition) is 3. The predicted octanol–water partition coefficient (Wildman–Crippen LogP) is 3.39. The summed E-state index contributed by atoms with van der Waals surface area (Å²) in [5, 5.41) is 20.0. The Labute approximate surface area is 173 Å². The summed E-state index contributed by atoms with van der Waals surface area (Å²) in [7, 11) is 0. The molecule has 0 bridgehead atoms. The van der Waals surface area contributed by atoms with Crippen molar-refractivity contribution in [2.45, 2.75) is 45.8 Å². The molecule has 1 atom stereocenters. The summed E-state index contributed by atoms with van der Waals surface area (Å²) < 4.78 is 0. The predicted molar refractivity (Wildman–Crippen MR) is 119 cm³/mol. The molecule has 6 heteroatoms. The summed E-state index contributed by atoms with van der Waals surface area (Å²) in [5.41, 5.74) is 1.67. The normalized spacial score (nSPS) is 13.4. The minimum atomic E-state index is -1.00.